The number of nitrogens with zero attached hydrogens (tertiary/aromatic N) is 1. The smallest absolute Gasteiger partial charge is 0.254 e. The molecule has 110 valence electrons. The van der Waals surface area contributed by atoms with E-state index < -0.39 is 0 Å². The molecule has 1 heterocycles. The number of nitrogens with one attached hydrogen (secondary N) is 1. The Kier molecular flexibility index (Phi) is 5.05. The van der Waals surface area contributed by atoms with Crippen molar-refractivity contribution in [2.45, 2.75) is 52.5 Å². The molecule has 1 aliphatic rings. The summed E-state index contributed by atoms with van der Waals surface area (Å²) in [5.74, 6) is 0.186. The first-order valence-corrected chi connectivity index (χ1v) is 7.79. The SMILES string of the molecule is CCNc1ccc(C(=O)N2CCCCCC2C)cc1C. The number of anilines is 1. The van der Waals surface area contributed by atoms with E-state index in [9.17, 15) is 4.79 Å². The van der Waals surface area contributed by atoms with Gasteiger partial charge in [-0.15, -0.1) is 0 Å². The Morgan fingerprint density at radius 2 is 2.15 bits per heavy atom. The van der Waals surface area contributed by atoms with Gasteiger partial charge in [0.05, 0.1) is 0 Å². The van der Waals surface area contributed by atoms with Crippen LogP contribution in [0.15, 0.2) is 18.2 Å². The highest BCUT2D eigenvalue weighted by Gasteiger charge is 2.23. The molecule has 0 aliphatic carbocycles. The monoisotopic (exact) mass is 274 g/mol. The molecule has 0 bridgehead atoms. The minimum absolute atomic E-state index is 0.186. The van der Waals surface area contributed by atoms with E-state index in [4.69, 9.17) is 0 Å². The Balaban J connectivity index is 2.17. The number of likely N-dealkylation sites (tertiary alicyclic amines) is 1. The zero-order valence-corrected chi connectivity index (χ0v) is 12.9. The van der Waals surface area contributed by atoms with Crippen LogP contribution in [0, 0.1) is 6.92 Å². The molecule has 0 spiro atoms. The summed E-state index contributed by atoms with van der Waals surface area (Å²) in [6.07, 6.45) is 4.74. The highest BCUT2D eigenvalue weighted by Crippen LogP contribution is 2.21. The highest BCUT2D eigenvalue weighted by atomic mass is 16.2. The molecular weight excluding hydrogens is 248 g/mol. The third kappa shape index (κ3) is 3.33. The van der Waals surface area contributed by atoms with Crippen LogP contribution < -0.4 is 5.32 Å². The highest BCUT2D eigenvalue weighted by molar-refractivity contribution is 5.95. The van der Waals surface area contributed by atoms with Gasteiger partial charge in [-0.25, -0.2) is 0 Å². The molecule has 1 unspecified atom stereocenters. The Morgan fingerprint density at radius 3 is 2.85 bits per heavy atom. The fourth-order valence-corrected chi connectivity index (χ4v) is 2.93. The third-order valence-corrected chi connectivity index (χ3v) is 4.15. The lowest BCUT2D eigenvalue weighted by Crippen LogP contribution is -2.38. The third-order valence-electron chi connectivity index (χ3n) is 4.15. The molecule has 2 rings (SSSR count). The van der Waals surface area contributed by atoms with Gasteiger partial charge in [-0.1, -0.05) is 12.8 Å². The average molecular weight is 274 g/mol. The normalized spacial score (nSPS) is 19.6. The maximum atomic E-state index is 12.7. The number of benzene rings is 1. The molecule has 1 aromatic rings. The van der Waals surface area contributed by atoms with E-state index >= 15 is 0 Å². The van der Waals surface area contributed by atoms with Gasteiger partial charge in [-0.3, -0.25) is 4.79 Å². The predicted molar refractivity (Wildman–Crippen MR) is 84.3 cm³/mol. The van der Waals surface area contributed by atoms with Crippen LogP contribution in [0.2, 0.25) is 0 Å². The molecule has 1 N–H and O–H groups in total. The average Bonchev–Trinajstić information content (AvgIpc) is 2.65. The Labute approximate surface area is 122 Å². The van der Waals surface area contributed by atoms with Crippen molar-refractivity contribution in [3.63, 3.8) is 0 Å². The summed E-state index contributed by atoms with van der Waals surface area (Å²) >= 11 is 0. The van der Waals surface area contributed by atoms with Crippen LogP contribution >= 0.6 is 0 Å². The van der Waals surface area contributed by atoms with Crippen molar-refractivity contribution in [1.29, 1.82) is 0 Å². The van der Waals surface area contributed by atoms with Gasteiger partial charge < -0.3 is 10.2 Å². The minimum atomic E-state index is 0.186. The van der Waals surface area contributed by atoms with E-state index in [1.807, 2.05) is 18.2 Å². The zero-order chi connectivity index (χ0) is 14.5. The molecule has 0 saturated carbocycles. The number of hydrogen-bond acceptors (Lipinski definition) is 2. The van der Waals surface area contributed by atoms with Crippen LogP contribution in [-0.4, -0.2) is 29.9 Å². The molecule has 20 heavy (non-hydrogen) atoms. The number of carbonyl (C=O) groups is 1. The second-order valence-electron chi connectivity index (χ2n) is 5.76. The van der Waals surface area contributed by atoms with Crippen molar-refractivity contribution in [3.8, 4) is 0 Å². The maximum absolute atomic E-state index is 12.7. The van der Waals surface area contributed by atoms with Gasteiger partial charge in [0.25, 0.3) is 5.91 Å². The van der Waals surface area contributed by atoms with E-state index in [2.05, 4.69) is 31.0 Å². The molecule has 0 aromatic heterocycles. The molecule has 1 atom stereocenters. The lowest BCUT2D eigenvalue weighted by atomic mass is 10.1. The van der Waals surface area contributed by atoms with Crippen molar-refractivity contribution in [2.75, 3.05) is 18.4 Å². The largest absolute Gasteiger partial charge is 0.385 e. The predicted octanol–water partition coefficient (Wildman–Crippen LogP) is 3.83. The van der Waals surface area contributed by atoms with Gasteiger partial charge in [0.2, 0.25) is 0 Å². The summed E-state index contributed by atoms with van der Waals surface area (Å²) in [6, 6.07) is 6.34. The molecular formula is C17H26N2O. The first-order valence-electron chi connectivity index (χ1n) is 7.79. The van der Waals surface area contributed by atoms with E-state index in [1.54, 1.807) is 0 Å². The first kappa shape index (κ1) is 14.9. The number of rotatable bonds is 3. The minimum Gasteiger partial charge on any atom is -0.385 e. The van der Waals surface area contributed by atoms with Crippen LogP contribution in [0.3, 0.4) is 0 Å². The maximum Gasteiger partial charge on any atom is 0.254 e. The summed E-state index contributed by atoms with van der Waals surface area (Å²) in [7, 11) is 0. The summed E-state index contributed by atoms with van der Waals surface area (Å²) < 4.78 is 0. The number of amides is 1. The molecule has 1 amide bonds. The van der Waals surface area contributed by atoms with Crippen LogP contribution in [-0.2, 0) is 0 Å². The Morgan fingerprint density at radius 1 is 1.35 bits per heavy atom. The van der Waals surface area contributed by atoms with Crippen molar-refractivity contribution in [3.05, 3.63) is 29.3 Å². The van der Waals surface area contributed by atoms with Crippen LogP contribution in [0.25, 0.3) is 0 Å². The fourth-order valence-electron chi connectivity index (χ4n) is 2.93. The van der Waals surface area contributed by atoms with Crippen molar-refractivity contribution in [2.24, 2.45) is 0 Å². The summed E-state index contributed by atoms with van der Waals surface area (Å²) in [5, 5.41) is 3.32. The Bertz CT molecular complexity index is 470. The number of aryl methyl sites for hydroxylation is 1. The number of hydrogen-bond donors (Lipinski definition) is 1. The summed E-state index contributed by atoms with van der Waals surface area (Å²) in [4.78, 5) is 14.7. The molecule has 1 aromatic carbocycles. The first-order chi connectivity index (χ1) is 9.63. The van der Waals surface area contributed by atoms with Crippen LogP contribution in [0.1, 0.15) is 55.5 Å². The van der Waals surface area contributed by atoms with E-state index in [1.165, 1.54) is 12.8 Å². The van der Waals surface area contributed by atoms with E-state index in [-0.39, 0.29) is 5.91 Å². The zero-order valence-electron chi connectivity index (χ0n) is 12.9. The topological polar surface area (TPSA) is 32.3 Å². The van der Waals surface area contributed by atoms with Gasteiger partial charge in [0.15, 0.2) is 0 Å². The fraction of sp³-hybridized carbons (Fsp3) is 0.588. The quantitative estimate of drug-likeness (QED) is 0.908. The molecule has 3 nitrogen and oxygen atoms in total. The second kappa shape index (κ2) is 6.78. The lowest BCUT2D eigenvalue weighted by molar-refractivity contribution is 0.0698. The lowest BCUT2D eigenvalue weighted by Gasteiger charge is -2.27. The van der Waals surface area contributed by atoms with E-state index in [0.29, 0.717) is 6.04 Å². The van der Waals surface area contributed by atoms with Gasteiger partial charge in [0, 0.05) is 30.4 Å². The molecule has 1 aliphatic heterocycles. The van der Waals surface area contributed by atoms with Gasteiger partial charge >= 0.3 is 0 Å². The molecule has 3 heteroatoms. The summed E-state index contributed by atoms with van der Waals surface area (Å²) in [6.45, 7) is 8.10. The van der Waals surface area contributed by atoms with Crippen molar-refractivity contribution < 1.29 is 4.79 Å². The van der Waals surface area contributed by atoms with E-state index in [0.717, 1.165) is 42.7 Å². The second-order valence-corrected chi connectivity index (χ2v) is 5.76. The van der Waals surface area contributed by atoms with Gasteiger partial charge in [0.1, 0.15) is 0 Å². The molecule has 1 fully saturated rings. The standard InChI is InChI=1S/C17H26N2O/c1-4-18-16-10-9-15(12-13(16)2)17(20)19-11-7-5-6-8-14(19)3/h9-10,12,14,18H,4-8,11H2,1-3H3. The van der Waals surface area contributed by atoms with Crippen molar-refractivity contribution >= 4 is 11.6 Å². The van der Waals surface area contributed by atoms with Gasteiger partial charge in [-0.05, 0) is 57.4 Å². The molecule has 1 saturated heterocycles. The Hall–Kier alpha value is -1.51. The van der Waals surface area contributed by atoms with Gasteiger partial charge in [-0.2, -0.15) is 0 Å². The summed E-state index contributed by atoms with van der Waals surface area (Å²) in [5.41, 5.74) is 3.08. The van der Waals surface area contributed by atoms with Crippen molar-refractivity contribution in [1.82, 2.24) is 4.90 Å². The van der Waals surface area contributed by atoms with Crippen LogP contribution in [0.4, 0.5) is 5.69 Å². The number of carbonyl (C=O) groups excluding carboxylic acids is 1. The molecule has 0 radical (unpaired) electrons. The van der Waals surface area contributed by atoms with Crippen LogP contribution in [0.5, 0.6) is 0 Å².